The van der Waals surface area contributed by atoms with Gasteiger partial charge in [0.2, 0.25) is 11.8 Å². The molecular formula is C18H20N4O2. The van der Waals surface area contributed by atoms with Crippen LogP contribution in [0.15, 0.2) is 35.0 Å². The second kappa shape index (κ2) is 5.78. The van der Waals surface area contributed by atoms with E-state index in [1.807, 2.05) is 30.5 Å². The van der Waals surface area contributed by atoms with Gasteiger partial charge in [-0.3, -0.25) is 4.79 Å². The molecule has 4 rings (SSSR count). The Morgan fingerprint density at radius 2 is 2.12 bits per heavy atom. The number of para-hydroxylation sites is 1. The van der Waals surface area contributed by atoms with Gasteiger partial charge in [-0.05, 0) is 24.5 Å². The molecule has 0 unspecified atom stereocenters. The number of carbonyl (C=O) groups is 1. The van der Waals surface area contributed by atoms with Gasteiger partial charge >= 0.3 is 0 Å². The maximum Gasteiger partial charge on any atom is 0.225 e. The third-order valence-electron chi connectivity index (χ3n) is 4.82. The fourth-order valence-corrected chi connectivity index (χ4v) is 3.64. The van der Waals surface area contributed by atoms with E-state index in [0.717, 1.165) is 42.1 Å². The fraction of sp³-hybridized carbons (Fsp3) is 0.389. The lowest BCUT2D eigenvalue weighted by atomic mass is 9.96. The van der Waals surface area contributed by atoms with Crippen LogP contribution < -0.4 is 5.32 Å². The van der Waals surface area contributed by atoms with E-state index in [9.17, 15) is 4.79 Å². The molecule has 1 aliphatic rings. The van der Waals surface area contributed by atoms with E-state index in [0.29, 0.717) is 18.1 Å². The number of hydrogen-bond donors (Lipinski definition) is 2. The first-order chi connectivity index (χ1) is 11.7. The highest BCUT2D eigenvalue weighted by molar-refractivity contribution is 5.89. The van der Waals surface area contributed by atoms with E-state index in [-0.39, 0.29) is 5.91 Å². The van der Waals surface area contributed by atoms with Gasteiger partial charge in [-0.1, -0.05) is 36.2 Å². The predicted molar refractivity (Wildman–Crippen MR) is 89.3 cm³/mol. The number of rotatable bonds is 4. The summed E-state index contributed by atoms with van der Waals surface area (Å²) in [6, 6.07) is 8.01. The summed E-state index contributed by atoms with van der Waals surface area (Å²) in [5, 5.41) is 8.34. The zero-order valence-corrected chi connectivity index (χ0v) is 13.6. The van der Waals surface area contributed by atoms with E-state index in [1.54, 1.807) is 6.92 Å². The number of hydrogen-bond acceptors (Lipinski definition) is 4. The van der Waals surface area contributed by atoms with Crippen LogP contribution >= 0.6 is 0 Å². The number of H-pyrrole nitrogens is 1. The van der Waals surface area contributed by atoms with Gasteiger partial charge in [0, 0.05) is 24.0 Å². The lowest BCUT2D eigenvalue weighted by molar-refractivity contribution is -0.122. The Balaban J connectivity index is 1.56. The van der Waals surface area contributed by atoms with Crippen LogP contribution in [0.5, 0.6) is 0 Å². The maximum absolute atomic E-state index is 12.7. The van der Waals surface area contributed by atoms with E-state index in [1.165, 1.54) is 0 Å². The Kier molecular flexibility index (Phi) is 3.59. The van der Waals surface area contributed by atoms with Crippen LogP contribution in [0.4, 0.5) is 0 Å². The monoisotopic (exact) mass is 324 g/mol. The molecule has 1 aromatic carbocycles. The van der Waals surface area contributed by atoms with Gasteiger partial charge in [0.1, 0.15) is 5.54 Å². The summed E-state index contributed by atoms with van der Waals surface area (Å²) in [7, 11) is 0. The van der Waals surface area contributed by atoms with Crippen LogP contribution in [0.25, 0.3) is 10.9 Å². The molecule has 0 aliphatic heterocycles. The van der Waals surface area contributed by atoms with E-state index < -0.39 is 5.54 Å². The topological polar surface area (TPSA) is 83.8 Å². The Hall–Kier alpha value is -2.63. The van der Waals surface area contributed by atoms with Crippen molar-refractivity contribution >= 4 is 16.8 Å². The smallest absolute Gasteiger partial charge is 0.225 e. The van der Waals surface area contributed by atoms with Gasteiger partial charge in [-0.2, -0.15) is 4.98 Å². The summed E-state index contributed by atoms with van der Waals surface area (Å²) in [4.78, 5) is 20.3. The normalized spacial score (nSPS) is 16.5. The zero-order chi connectivity index (χ0) is 16.6. The van der Waals surface area contributed by atoms with Crippen molar-refractivity contribution in [2.24, 2.45) is 0 Å². The first kappa shape index (κ1) is 14.9. The number of aromatic nitrogens is 3. The fourth-order valence-electron chi connectivity index (χ4n) is 3.64. The van der Waals surface area contributed by atoms with Crippen molar-refractivity contribution < 1.29 is 9.32 Å². The lowest BCUT2D eigenvalue weighted by Gasteiger charge is -2.26. The average molecular weight is 324 g/mol. The van der Waals surface area contributed by atoms with Gasteiger partial charge < -0.3 is 14.8 Å². The number of benzene rings is 1. The van der Waals surface area contributed by atoms with Crippen LogP contribution in [0.1, 0.15) is 43.0 Å². The van der Waals surface area contributed by atoms with E-state index in [4.69, 9.17) is 4.52 Å². The molecule has 2 N–H and O–H groups in total. The molecule has 24 heavy (non-hydrogen) atoms. The summed E-state index contributed by atoms with van der Waals surface area (Å²) in [6.07, 6.45) is 6.06. The summed E-state index contributed by atoms with van der Waals surface area (Å²) >= 11 is 0. The van der Waals surface area contributed by atoms with Gasteiger partial charge in [-0.25, -0.2) is 0 Å². The van der Waals surface area contributed by atoms with Crippen molar-refractivity contribution in [3.8, 4) is 0 Å². The maximum atomic E-state index is 12.7. The Morgan fingerprint density at radius 1 is 1.33 bits per heavy atom. The molecule has 124 valence electrons. The minimum absolute atomic E-state index is 0.0101. The SMILES string of the molecule is Cc1nc(C2(NC(=O)Cc3c[nH]c4ccccc34)CCCC2)no1. The molecule has 0 saturated heterocycles. The van der Waals surface area contributed by atoms with Gasteiger partial charge in [-0.15, -0.1) is 0 Å². The third-order valence-corrected chi connectivity index (χ3v) is 4.82. The number of nitrogens with zero attached hydrogens (tertiary/aromatic N) is 2. The van der Waals surface area contributed by atoms with E-state index in [2.05, 4.69) is 20.4 Å². The van der Waals surface area contributed by atoms with Crippen molar-refractivity contribution in [2.75, 3.05) is 0 Å². The summed E-state index contributed by atoms with van der Waals surface area (Å²) in [6.45, 7) is 1.77. The van der Waals surface area contributed by atoms with Crippen molar-refractivity contribution in [1.29, 1.82) is 0 Å². The molecular weight excluding hydrogens is 304 g/mol. The van der Waals surface area contributed by atoms with Gasteiger partial charge in [0.05, 0.1) is 6.42 Å². The molecule has 6 heteroatoms. The molecule has 0 atom stereocenters. The molecule has 0 bridgehead atoms. The minimum atomic E-state index is -0.485. The van der Waals surface area contributed by atoms with Crippen LogP contribution in [0.2, 0.25) is 0 Å². The highest BCUT2D eigenvalue weighted by Gasteiger charge is 2.41. The summed E-state index contributed by atoms with van der Waals surface area (Å²) < 4.78 is 5.13. The number of carbonyl (C=O) groups excluding carboxylic acids is 1. The van der Waals surface area contributed by atoms with Crippen LogP contribution in [0, 0.1) is 6.92 Å². The second-order valence-electron chi connectivity index (χ2n) is 6.51. The van der Waals surface area contributed by atoms with Crippen molar-refractivity contribution in [3.63, 3.8) is 0 Å². The molecule has 2 aromatic heterocycles. The van der Waals surface area contributed by atoms with Crippen molar-refractivity contribution in [1.82, 2.24) is 20.4 Å². The number of aryl methyl sites for hydroxylation is 1. The molecule has 3 aromatic rings. The number of nitrogens with one attached hydrogen (secondary N) is 2. The van der Waals surface area contributed by atoms with Crippen molar-refractivity contribution in [2.45, 2.75) is 44.6 Å². The van der Waals surface area contributed by atoms with E-state index >= 15 is 0 Å². The van der Waals surface area contributed by atoms with Gasteiger partial charge in [0.25, 0.3) is 0 Å². The number of fused-ring (bicyclic) bond motifs is 1. The summed E-state index contributed by atoms with van der Waals surface area (Å²) in [5.74, 6) is 1.12. The van der Waals surface area contributed by atoms with Crippen LogP contribution in [-0.2, 0) is 16.8 Å². The second-order valence-corrected chi connectivity index (χ2v) is 6.51. The largest absolute Gasteiger partial charge is 0.361 e. The molecule has 0 radical (unpaired) electrons. The molecule has 1 amide bonds. The predicted octanol–water partition coefficient (Wildman–Crippen LogP) is 2.99. The highest BCUT2D eigenvalue weighted by Crippen LogP contribution is 2.37. The molecule has 6 nitrogen and oxygen atoms in total. The average Bonchev–Trinajstić information content (AvgIpc) is 3.29. The van der Waals surface area contributed by atoms with Crippen molar-refractivity contribution in [3.05, 3.63) is 47.7 Å². The molecule has 0 spiro atoms. The zero-order valence-electron chi connectivity index (χ0n) is 13.6. The first-order valence-corrected chi connectivity index (χ1v) is 8.33. The third kappa shape index (κ3) is 2.58. The highest BCUT2D eigenvalue weighted by atomic mass is 16.5. The quantitative estimate of drug-likeness (QED) is 0.773. The minimum Gasteiger partial charge on any atom is -0.361 e. The lowest BCUT2D eigenvalue weighted by Crippen LogP contribution is -2.45. The molecule has 2 heterocycles. The Morgan fingerprint density at radius 3 is 2.88 bits per heavy atom. The van der Waals surface area contributed by atoms with Crippen LogP contribution in [0.3, 0.4) is 0 Å². The first-order valence-electron chi connectivity index (χ1n) is 8.33. The number of amides is 1. The van der Waals surface area contributed by atoms with Gasteiger partial charge in [0.15, 0.2) is 5.82 Å². The molecule has 1 fully saturated rings. The Labute approximate surface area is 139 Å². The molecule has 1 saturated carbocycles. The van der Waals surface area contributed by atoms with Crippen LogP contribution in [-0.4, -0.2) is 21.0 Å². The molecule has 1 aliphatic carbocycles. The number of aromatic amines is 1. The standard InChI is InChI=1S/C18H20N4O2/c1-12-20-17(22-24-12)18(8-4-5-9-18)21-16(23)10-13-11-19-15-7-3-2-6-14(13)15/h2-3,6-7,11,19H,4-5,8-10H2,1H3,(H,21,23). The Bertz CT molecular complexity index is 874. The summed E-state index contributed by atoms with van der Waals surface area (Å²) in [5.41, 5.74) is 1.56.